The number of rotatable bonds is 2. The Balaban J connectivity index is 2.45. The Kier molecular flexibility index (Phi) is 3.15. The van der Waals surface area contributed by atoms with Gasteiger partial charge < -0.3 is 10.5 Å². The Bertz CT molecular complexity index is 480. The third-order valence-corrected chi connectivity index (χ3v) is 3.14. The molecular weight excluding hydrogens is 216 g/mol. The number of nitrogens with two attached hydrogens (primary N) is 1. The van der Waals surface area contributed by atoms with Crippen LogP contribution in [0.15, 0.2) is 30.0 Å². The van der Waals surface area contributed by atoms with Gasteiger partial charge in [-0.2, -0.15) is 0 Å². The van der Waals surface area contributed by atoms with Crippen LogP contribution in [0.5, 0.6) is 5.75 Å². The van der Waals surface area contributed by atoms with Crippen LogP contribution in [0.1, 0.15) is 17.2 Å². The van der Waals surface area contributed by atoms with E-state index in [-0.39, 0.29) is 11.8 Å². The standard InChI is InChI=1S/C13H16N2O2/c1-8-9(4-3-5-12(8)17-2)13-10(6-14)11(16)7-15-13/h3-6,13,15H,7,14H2,1-2H3/b10-6+/t13-/m1/s1. The molecule has 1 aromatic carbocycles. The molecule has 0 bridgehead atoms. The second kappa shape index (κ2) is 4.59. The van der Waals surface area contributed by atoms with Crippen molar-refractivity contribution < 1.29 is 9.53 Å². The third kappa shape index (κ3) is 1.91. The third-order valence-electron chi connectivity index (χ3n) is 3.14. The van der Waals surface area contributed by atoms with E-state index in [2.05, 4.69) is 5.32 Å². The Morgan fingerprint density at radius 2 is 2.29 bits per heavy atom. The van der Waals surface area contributed by atoms with Gasteiger partial charge in [0, 0.05) is 11.8 Å². The summed E-state index contributed by atoms with van der Waals surface area (Å²) in [6, 6.07) is 5.68. The van der Waals surface area contributed by atoms with E-state index in [0.717, 1.165) is 16.9 Å². The summed E-state index contributed by atoms with van der Waals surface area (Å²) >= 11 is 0. The first-order valence-electron chi connectivity index (χ1n) is 5.51. The monoisotopic (exact) mass is 232 g/mol. The van der Waals surface area contributed by atoms with E-state index in [1.165, 1.54) is 6.20 Å². The molecule has 0 spiro atoms. The molecule has 1 saturated heterocycles. The minimum atomic E-state index is -0.123. The summed E-state index contributed by atoms with van der Waals surface area (Å²) in [4.78, 5) is 11.6. The molecule has 4 nitrogen and oxygen atoms in total. The molecule has 0 aromatic heterocycles. The van der Waals surface area contributed by atoms with Gasteiger partial charge in [-0.15, -0.1) is 0 Å². The molecule has 0 amide bonds. The molecule has 1 aromatic rings. The lowest BCUT2D eigenvalue weighted by molar-refractivity contribution is -0.113. The van der Waals surface area contributed by atoms with Crippen molar-refractivity contribution >= 4 is 5.78 Å². The quantitative estimate of drug-likeness (QED) is 0.748. The number of Topliss-reactive ketones (excluding diaryl/α,β-unsaturated/α-hetero) is 1. The summed E-state index contributed by atoms with van der Waals surface area (Å²) in [6.07, 6.45) is 1.39. The van der Waals surface area contributed by atoms with E-state index in [9.17, 15) is 4.79 Å². The van der Waals surface area contributed by atoms with Crippen molar-refractivity contribution in [2.75, 3.05) is 13.7 Å². The molecular formula is C13H16N2O2. The van der Waals surface area contributed by atoms with Crippen molar-refractivity contribution in [3.63, 3.8) is 0 Å². The van der Waals surface area contributed by atoms with Gasteiger partial charge in [0.1, 0.15) is 5.75 Å². The maximum atomic E-state index is 11.6. The van der Waals surface area contributed by atoms with Gasteiger partial charge in [-0.1, -0.05) is 12.1 Å². The number of carbonyl (C=O) groups is 1. The smallest absolute Gasteiger partial charge is 0.175 e. The summed E-state index contributed by atoms with van der Waals surface area (Å²) in [5.74, 6) is 0.875. The van der Waals surface area contributed by atoms with Crippen LogP contribution >= 0.6 is 0 Å². The number of nitrogens with one attached hydrogen (secondary N) is 1. The van der Waals surface area contributed by atoms with E-state index in [1.807, 2.05) is 25.1 Å². The molecule has 2 rings (SSSR count). The van der Waals surface area contributed by atoms with E-state index >= 15 is 0 Å². The fourth-order valence-electron chi connectivity index (χ4n) is 2.20. The fourth-order valence-corrected chi connectivity index (χ4v) is 2.20. The number of hydrogen-bond donors (Lipinski definition) is 2. The number of ketones is 1. The average molecular weight is 232 g/mol. The van der Waals surface area contributed by atoms with E-state index in [4.69, 9.17) is 10.5 Å². The zero-order valence-corrected chi connectivity index (χ0v) is 9.99. The molecule has 1 heterocycles. The zero-order chi connectivity index (χ0) is 12.4. The normalized spacial score (nSPS) is 22.1. The highest BCUT2D eigenvalue weighted by atomic mass is 16.5. The molecule has 90 valence electrons. The Morgan fingerprint density at radius 1 is 1.53 bits per heavy atom. The van der Waals surface area contributed by atoms with Crippen LogP contribution in [-0.2, 0) is 4.79 Å². The van der Waals surface area contributed by atoms with Gasteiger partial charge in [-0.05, 0) is 24.1 Å². The Labute approximate surface area is 100 Å². The SMILES string of the molecule is COc1cccc([C@H]2NCC(=O)/C2=C\N)c1C. The van der Waals surface area contributed by atoms with Gasteiger partial charge in [0.2, 0.25) is 0 Å². The molecule has 0 radical (unpaired) electrons. The van der Waals surface area contributed by atoms with Crippen molar-refractivity contribution in [3.05, 3.63) is 41.1 Å². The highest BCUT2D eigenvalue weighted by Gasteiger charge is 2.30. The molecule has 1 atom stereocenters. The summed E-state index contributed by atoms with van der Waals surface area (Å²) in [7, 11) is 1.64. The fraction of sp³-hybridized carbons (Fsp3) is 0.308. The lowest BCUT2D eigenvalue weighted by atomic mass is 9.96. The lowest BCUT2D eigenvalue weighted by Gasteiger charge is -2.16. The topological polar surface area (TPSA) is 64.3 Å². The first-order chi connectivity index (χ1) is 8.19. The molecule has 1 fully saturated rings. The average Bonchev–Trinajstić information content (AvgIpc) is 2.70. The van der Waals surface area contributed by atoms with Crippen LogP contribution < -0.4 is 15.8 Å². The van der Waals surface area contributed by atoms with Gasteiger partial charge >= 0.3 is 0 Å². The molecule has 0 aliphatic carbocycles. The Hall–Kier alpha value is -1.81. The van der Waals surface area contributed by atoms with Crippen LogP contribution in [-0.4, -0.2) is 19.4 Å². The second-order valence-electron chi connectivity index (χ2n) is 4.03. The predicted octanol–water partition coefficient (Wildman–Crippen LogP) is 1.06. The molecule has 4 heteroatoms. The number of methoxy groups -OCH3 is 1. The number of carbonyl (C=O) groups excluding carboxylic acids is 1. The minimum Gasteiger partial charge on any atom is -0.496 e. The van der Waals surface area contributed by atoms with E-state index < -0.39 is 0 Å². The van der Waals surface area contributed by atoms with Gasteiger partial charge in [0.15, 0.2) is 5.78 Å². The number of ether oxygens (including phenoxy) is 1. The molecule has 1 aliphatic rings. The van der Waals surface area contributed by atoms with Gasteiger partial charge in [-0.3, -0.25) is 10.1 Å². The van der Waals surface area contributed by atoms with Crippen LogP contribution in [0.4, 0.5) is 0 Å². The van der Waals surface area contributed by atoms with Gasteiger partial charge in [-0.25, -0.2) is 0 Å². The first-order valence-corrected chi connectivity index (χ1v) is 5.51. The van der Waals surface area contributed by atoms with Crippen molar-refractivity contribution in [2.24, 2.45) is 5.73 Å². The largest absolute Gasteiger partial charge is 0.496 e. The summed E-state index contributed by atoms with van der Waals surface area (Å²) in [5.41, 5.74) is 8.21. The van der Waals surface area contributed by atoms with Gasteiger partial charge in [0.25, 0.3) is 0 Å². The zero-order valence-electron chi connectivity index (χ0n) is 9.99. The highest BCUT2D eigenvalue weighted by molar-refractivity contribution is 6.00. The maximum absolute atomic E-state index is 11.6. The van der Waals surface area contributed by atoms with Gasteiger partial charge in [0.05, 0.1) is 19.7 Å². The second-order valence-corrected chi connectivity index (χ2v) is 4.03. The van der Waals surface area contributed by atoms with E-state index in [1.54, 1.807) is 7.11 Å². The lowest BCUT2D eigenvalue weighted by Crippen LogP contribution is -2.15. The van der Waals surface area contributed by atoms with Crippen LogP contribution in [0, 0.1) is 6.92 Å². The highest BCUT2D eigenvalue weighted by Crippen LogP contribution is 2.32. The molecule has 1 aliphatic heterocycles. The summed E-state index contributed by atoms with van der Waals surface area (Å²) in [6.45, 7) is 2.32. The molecule has 0 unspecified atom stereocenters. The molecule has 0 saturated carbocycles. The van der Waals surface area contributed by atoms with Crippen molar-refractivity contribution in [2.45, 2.75) is 13.0 Å². The summed E-state index contributed by atoms with van der Waals surface area (Å²) in [5, 5.41) is 3.16. The summed E-state index contributed by atoms with van der Waals surface area (Å²) < 4.78 is 5.28. The minimum absolute atomic E-state index is 0.0553. The molecule has 3 N–H and O–H groups in total. The predicted molar refractivity (Wildman–Crippen MR) is 65.8 cm³/mol. The van der Waals surface area contributed by atoms with Crippen molar-refractivity contribution in [3.8, 4) is 5.75 Å². The van der Waals surface area contributed by atoms with Crippen LogP contribution in [0.25, 0.3) is 0 Å². The van der Waals surface area contributed by atoms with Crippen molar-refractivity contribution in [1.29, 1.82) is 0 Å². The van der Waals surface area contributed by atoms with E-state index in [0.29, 0.717) is 12.1 Å². The Morgan fingerprint density at radius 3 is 2.94 bits per heavy atom. The van der Waals surface area contributed by atoms with Crippen LogP contribution in [0.2, 0.25) is 0 Å². The number of hydrogen-bond acceptors (Lipinski definition) is 4. The first kappa shape index (κ1) is 11.7. The number of benzene rings is 1. The van der Waals surface area contributed by atoms with Crippen LogP contribution in [0.3, 0.4) is 0 Å². The van der Waals surface area contributed by atoms with Crippen molar-refractivity contribution in [1.82, 2.24) is 5.32 Å². The molecule has 17 heavy (non-hydrogen) atoms. The maximum Gasteiger partial charge on any atom is 0.175 e.